The molecule has 112 valence electrons. The predicted octanol–water partition coefficient (Wildman–Crippen LogP) is 4.30. The zero-order valence-corrected chi connectivity index (χ0v) is 12.7. The van der Waals surface area contributed by atoms with E-state index in [1.807, 2.05) is 24.4 Å². The first-order chi connectivity index (χ1) is 11.3. The van der Waals surface area contributed by atoms with Gasteiger partial charge in [0.2, 0.25) is 0 Å². The molecule has 3 heterocycles. The van der Waals surface area contributed by atoms with E-state index in [0.717, 1.165) is 39.0 Å². The summed E-state index contributed by atoms with van der Waals surface area (Å²) in [7, 11) is 1.65. The van der Waals surface area contributed by atoms with E-state index in [1.165, 1.54) is 0 Å². The second kappa shape index (κ2) is 5.57. The minimum Gasteiger partial charge on any atom is -0.495 e. The number of ether oxygens (including phenoxy) is 1. The van der Waals surface area contributed by atoms with Crippen LogP contribution in [0.25, 0.3) is 33.3 Å². The molecule has 4 rings (SSSR count). The number of aromatic nitrogens is 3. The molecule has 0 aliphatic rings. The fraction of sp³-hybridized carbons (Fsp3) is 0.0526. The largest absolute Gasteiger partial charge is 0.495 e. The van der Waals surface area contributed by atoms with Gasteiger partial charge in [0.1, 0.15) is 5.75 Å². The zero-order chi connectivity index (χ0) is 15.6. The van der Waals surface area contributed by atoms with Crippen molar-refractivity contribution in [3.05, 3.63) is 67.3 Å². The van der Waals surface area contributed by atoms with E-state index in [4.69, 9.17) is 4.74 Å². The lowest BCUT2D eigenvalue weighted by molar-refractivity contribution is 0.413. The summed E-state index contributed by atoms with van der Waals surface area (Å²) in [6.45, 7) is 0. The third kappa shape index (κ3) is 2.55. The molecule has 0 unspecified atom stereocenters. The van der Waals surface area contributed by atoms with E-state index in [2.05, 4.69) is 39.2 Å². The Kier molecular flexibility index (Phi) is 3.27. The SMILES string of the molecule is COc1cncc(-c2ccc3[nH]c(-c4ccncc4)cc3c2)c1. The van der Waals surface area contributed by atoms with Gasteiger partial charge in [-0.15, -0.1) is 0 Å². The van der Waals surface area contributed by atoms with Crippen LogP contribution in [0, 0.1) is 0 Å². The first kappa shape index (κ1) is 13.5. The van der Waals surface area contributed by atoms with Gasteiger partial charge in [0.25, 0.3) is 0 Å². The Bertz CT molecular complexity index is 961. The maximum atomic E-state index is 5.25. The Labute approximate surface area is 133 Å². The van der Waals surface area contributed by atoms with E-state index in [9.17, 15) is 0 Å². The van der Waals surface area contributed by atoms with Crippen molar-refractivity contribution in [3.63, 3.8) is 0 Å². The Balaban J connectivity index is 1.79. The summed E-state index contributed by atoms with van der Waals surface area (Å²) in [5, 5.41) is 1.16. The van der Waals surface area contributed by atoms with Crippen molar-refractivity contribution in [1.29, 1.82) is 0 Å². The number of nitrogens with one attached hydrogen (secondary N) is 1. The summed E-state index contributed by atoms with van der Waals surface area (Å²) >= 11 is 0. The molecule has 0 amide bonds. The van der Waals surface area contributed by atoms with E-state index in [1.54, 1.807) is 25.7 Å². The normalized spacial score (nSPS) is 10.8. The molecule has 0 aliphatic carbocycles. The molecule has 0 fully saturated rings. The van der Waals surface area contributed by atoms with E-state index < -0.39 is 0 Å². The number of hydrogen-bond donors (Lipinski definition) is 1. The molecule has 0 spiro atoms. The Morgan fingerprint density at radius 3 is 2.52 bits per heavy atom. The third-order valence-corrected chi connectivity index (χ3v) is 3.89. The average Bonchev–Trinajstić information content (AvgIpc) is 3.06. The lowest BCUT2D eigenvalue weighted by Gasteiger charge is -2.04. The summed E-state index contributed by atoms with van der Waals surface area (Å²) in [4.78, 5) is 11.7. The number of pyridine rings is 2. The van der Waals surface area contributed by atoms with Crippen molar-refractivity contribution < 1.29 is 4.74 Å². The quantitative estimate of drug-likeness (QED) is 0.614. The number of benzene rings is 1. The average molecular weight is 301 g/mol. The molecule has 0 bridgehead atoms. The molecule has 0 aliphatic heterocycles. The number of H-pyrrole nitrogens is 1. The van der Waals surface area contributed by atoms with Gasteiger partial charge in [0.05, 0.1) is 13.3 Å². The van der Waals surface area contributed by atoms with Crippen molar-refractivity contribution in [3.8, 4) is 28.1 Å². The number of aromatic amines is 1. The van der Waals surface area contributed by atoms with Crippen LogP contribution >= 0.6 is 0 Å². The van der Waals surface area contributed by atoms with E-state index >= 15 is 0 Å². The van der Waals surface area contributed by atoms with Crippen molar-refractivity contribution in [2.45, 2.75) is 0 Å². The lowest BCUT2D eigenvalue weighted by Crippen LogP contribution is -1.86. The molecule has 4 aromatic rings. The summed E-state index contributed by atoms with van der Waals surface area (Å²) < 4.78 is 5.25. The minimum atomic E-state index is 0.758. The summed E-state index contributed by atoms with van der Waals surface area (Å²) in [5.41, 5.74) is 5.47. The van der Waals surface area contributed by atoms with Crippen molar-refractivity contribution in [1.82, 2.24) is 15.0 Å². The first-order valence-electron chi connectivity index (χ1n) is 7.36. The van der Waals surface area contributed by atoms with Gasteiger partial charge < -0.3 is 9.72 Å². The predicted molar refractivity (Wildman–Crippen MR) is 91.3 cm³/mol. The van der Waals surface area contributed by atoms with Crippen LogP contribution in [0.4, 0.5) is 0 Å². The highest BCUT2D eigenvalue weighted by Crippen LogP contribution is 2.29. The molecular weight excluding hydrogens is 286 g/mol. The topological polar surface area (TPSA) is 50.8 Å². The van der Waals surface area contributed by atoms with Crippen LogP contribution in [0.2, 0.25) is 0 Å². The van der Waals surface area contributed by atoms with Crippen molar-refractivity contribution in [2.75, 3.05) is 7.11 Å². The third-order valence-electron chi connectivity index (χ3n) is 3.89. The van der Waals surface area contributed by atoms with Crippen LogP contribution < -0.4 is 4.74 Å². The molecule has 4 nitrogen and oxygen atoms in total. The highest BCUT2D eigenvalue weighted by Gasteiger charge is 2.06. The molecule has 1 aromatic carbocycles. The van der Waals surface area contributed by atoms with Crippen LogP contribution in [-0.4, -0.2) is 22.1 Å². The fourth-order valence-electron chi connectivity index (χ4n) is 2.69. The van der Waals surface area contributed by atoms with Gasteiger partial charge in [-0.3, -0.25) is 9.97 Å². The highest BCUT2D eigenvalue weighted by atomic mass is 16.5. The van der Waals surface area contributed by atoms with Crippen molar-refractivity contribution in [2.24, 2.45) is 0 Å². The lowest BCUT2D eigenvalue weighted by atomic mass is 10.1. The van der Waals surface area contributed by atoms with Crippen LogP contribution in [-0.2, 0) is 0 Å². The molecule has 0 radical (unpaired) electrons. The molecule has 4 heteroatoms. The van der Waals surface area contributed by atoms with Gasteiger partial charge in [-0.1, -0.05) is 6.07 Å². The molecule has 0 saturated carbocycles. The van der Waals surface area contributed by atoms with Crippen molar-refractivity contribution >= 4 is 10.9 Å². The number of fused-ring (bicyclic) bond motifs is 1. The van der Waals surface area contributed by atoms with Crippen LogP contribution in [0.3, 0.4) is 0 Å². The number of methoxy groups -OCH3 is 1. The maximum Gasteiger partial charge on any atom is 0.137 e. The molecule has 3 aromatic heterocycles. The minimum absolute atomic E-state index is 0.758. The number of nitrogens with zero attached hydrogens (tertiary/aromatic N) is 2. The second-order valence-electron chi connectivity index (χ2n) is 5.33. The molecule has 0 saturated heterocycles. The maximum absolute atomic E-state index is 5.25. The van der Waals surface area contributed by atoms with Gasteiger partial charge in [0, 0.05) is 46.3 Å². The van der Waals surface area contributed by atoms with E-state index in [-0.39, 0.29) is 0 Å². The summed E-state index contributed by atoms with van der Waals surface area (Å²) in [6, 6.07) is 14.5. The number of hydrogen-bond acceptors (Lipinski definition) is 3. The monoisotopic (exact) mass is 301 g/mol. The Hall–Kier alpha value is -3.14. The summed E-state index contributed by atoms with van der Waals surface area (Å²) in [6.07, 6.45) is 7.16. The van der Waals surface area contributed by atoms with Crippen LogP contribution in [0.1, 0.15) is 0 Å². The smallest absolute Gasteiger partial charge is 0.137 e. The first-order valence-corrected chi connectivity index (χ1v) is 7.36. The van der Waals surface area contributed by atoms with Gasteiger partial charge in [-0.2, -0.15) is 0 Å². The molecule has 23 heavy (non-hydrogen) atoms. The molecule has 0 atom stereocenters. The van der Waals surface area contributed by atoms with Gasteiger partial charge in [-0.05, 0) is 42.0 Å². The number of rotatable bonds is 3. The molecular formula is C19H15N3O. The Morgan fingerprint density at radius 1 is 0.826 bits per heavy atom. The zero-order valence-electron chi connectivity index (χ0n) is 12.7. The van der Waals surface area contributed by atoms with Gasteiger partial charge in [0.15, 0.2) is 0 Å². The fourth-order valence-corrected chi connectivity index (χ4v) is 2.69. The molecule has 1 N–H and O–H groups in total. The standard InChI is InChI=1S/C19H15N3O/c1-23-17-9-16(11-21-12-17)14-2-3-18-15(8-14)10-19(22-18)13-4-6-20-7-5-13/h2-12,22H,1H3. The Morgan fingerprint density at radius 2 is 1.70 bits per heavy atom. The van der Waals surface area contributed by atoms with Crippen LogP contribution in [0.15, 0.2) is 67.3 Å². The summed E-state index contributed by atoms with van der Waals surface area (Å²) in [5.74, 6) is 0.758. The van der Waals surface area contributed by atoms with Crippen LogP contribution in [0.5, 0.6) is 5.75 Å². The van der Waals surface area contributed by atoms with Gasteiger partial charge >= 0.3 is 0 Å². The second-order valence-corrected chi connectivity index (χ2v) is 5.33. The van der Waals surface area contributed by atoms with Gasteiger partial charge in [-0.25, -0.2) is 0 Å². The highest BCUT2D eigenvalue weighted by molar-refractivity contribution is 5.89. The van der Waals surface area contributed by atoms with E-state index in [0.29, 0.717) is 0 Å².